The molecule has 0 N–H and O–H groups in total. The third-order valence-electron chi connectivity index (χ3n) is 3.63. The first kappa shape index (κ1) is 13.8. The number of benzene rings is 2. The highest BCUT2D eigenvalue weighted by Crippen LogP contribution is 2.13. The zero-order valence-corrected chi connectivity index (χ0v) is 12.2. The average molecular weight is 253 g/mol. The van der Waals surface area contributed by atoms with Gasteiger partial charge in [0.25, 0.3) is 0 Å². The second-order valence-electron chi connectivity index (χ2n) is 5.22. The molecule has 0 saturated carbocycles. The van der Waals surface area contributed by atoms with E-state index in [0.29, 0.717) is 0 Å². The summed E-state index contributed by atoms with van der Waals surface area (Å²) < 4.78 is 0. The van der Waals surface area contributed by atoms with E-state index in [0.717, 1.165) is 19.6 Å². The van der Waals surface area contributed by atoms with Gasteiger partial charge in [0, 0.05) is 13.1 Å². The normalized spacial score (nSPS) is 10.9. The van der Waals surface area contributed by atoms with E-state index < -0.39 is 0 Å². The molecule has 0 bridgehead atoms. The maximum absolute atomic E-state index is 2.48. The molecule has 0 atom stereocenters. The zero-order chi connectivity index (χ0) is 13.7. The molecule has 0 aliphatic rings. The van der Waals surface area contributed by atoms with Crippen molar-refractivity contribution >= 4 is 0 Å². The summed E-state index contributed by atoms with van der Waals surface area (Å²) in [6, 6.07) is 17.5. The molecule has 0 aliphatic heterocycles. The lowest BCUT2D eigenvalue weighted by Gasteiger charge is -2.21. The minimum atomic E-state index is 1.02. The van der Waals surface area contributed by atoms with Crippen LogP contribution in [-0.4, -0.2) is 11.4 Å². The predicted molar refractivity (Wildman–Crippen MR) is 82.1 cm³/mol. The van der Waals surface area contributed by atoms with E-state index in [2.05, 4.69) is 74.2 Å². The van der Waals surface area contributed by atoms with E-state index in [1.54, 1.807) is 0 Å². The Kier molecular flexibility index (Phi) is 4.75. The van der Waals surface area contributed by atoms with Crippen molar-refractivity contribution < 1.29 is 0 Å². The highest BCUT2D eigenvalue weighted by Gasteiger charge is 2.06. The summed E-state index contributed by atoms with van der Waals surface area (Å²) in [5.74, 6) is 0. The summed E-state index contributed by atoms with van der Waals surface area (Å²) in [5, 5.41) is 0. The first-order chi connectivity index (χ1) is 9.19. The van der Waals surface area contributed by atoms with Gasteiger partial charge in [0.2, 0.25) is 0 Å². The zero-order valence-electron chi connectivity index (χ0n) is 12.2. The van der Waals surface area contributed by atoms with Gasteiger partial charge < -0.3 is 0 Å². The second kappa shape index (κ2) is 6.53. The van der Waals surface area contributed by atoms with Crippen LogP contribution in [0.15, 0.2) is 48.5 Å². The van der Waals surface area contributed by atoms with E-state index in [1.165, 1.54) is 22.3 Å². The van der Waals surface area contributed by atoms with E-state index in [9.17, 15) is 0 Å². The van der Waals surface area contributed by atoms with Crippen molar-refractivity contribution in [3.63, 3.8) is 0 Å². The van der Waals surface area contributed by atoms with Gasteiger partial charge in [-0.25, -0.2) is 0 Å². The van der Waals surface area contributed by atoms with E-state index in [1.807, 2.05) is 0 Å². The molecule has 100 valence electrons. The first-order valence-electron chi connectivity index (χ1n) is 7.01. The van der Waals surface area contributed by atoms with Crippen molar-refractivity contribution in [1.29, 1.82) is 0 Å². The summed E-state index contributed by atoms with van der Waals surface area (Å²) >= 11 is 0. The van der Waals surface area contributed by atoms with Crippen molar-refractivity contribution in [1.82, 2.24) is 4.90 Å². The van der Waals surface area contributed by atoms with Crippen molar-refractivity contribution in [2.24, 2.45) is 0 Å². The molecule has 0 saturated heterocycles. The fraction of sp³-hybridized carbons (Fsp3) is 0.333. The fourth-order valence-electron chi connectivity index (χ4n) is 2.26. The van der Waals surface area contributed by atoms with Crippen LogP contribution in [0, 0.1) is 13.8 Å². The van der Waals surface area contributed by atoms with Crippen LogP contribution >= 0.6 is 0 Å². The molecular formula is C18H23N. The quantitative estimate of drug-likeness (QED) is 0.767. The lowest BCUT2D eigenvalue weighted by Crippen LogP contribution is -2.22. The van der Waals surface area contributed by atoms with Gasteiger partial charge in [0.15, 0.2) is 0 Å². The molecule has 0 aromatic heterocycles. The van der Waals surface area contributed by atoms with E-state index in [4.69, 9.17) is 0 Å². The Morgan fingerprint density at radius 2 is 1.53 bits per heavy atom. The number of nitrogens with zero attached hydrogens (tertiary/aromatic N) is 1. The standard InChI is InChI=1S/C18H23N/c1-4-19(13-17-11-9-15(2)10-12-17)14-18-8-6-5-7-16(18)3/h5-12H,4,13-14H2,1-3H3. The molecule has 1 heteroatoms. The highest BCUT2D eigenvalue weighted by molar-refractivity contribution is 5.26. The van der Waals surface area contributed by atoms with Crippen molar-refractivity contribution in [2.75, 3.05) is 6.54 Å². The van der Waals surface area contributed by atoms with Gasteiger partial charge in [0.05, 0.1) is 0 Å². The topological polar surface area (TPSA) is 3.24 Å². The smallest absolute Gasteiger partial charge is 0.0239 e. The van der Waals surface area contributed by atoms with Gasteiger partial charge in [-0.3, -0.25) is 4.90 Å². The van der Waals surface area contributed by atoms with Gasteiger partial charge in [-0.1, -0.05) is 61.0 Å². The predicted octanol–water partition coefficient (Wildman–Crippen LogP) is 4.33. The molecule has 19 heavy (non-hydrogen) atoms. The number of rotatable bonds is 5. The Labute approximate surface area is 116 Å². The molecule has 0 heterocycles. The van der Waals surface area contributed by atoms with Gasteiger partial charge in [0.1, 0.15) is 0 Å². The number of hydrogen-bond acceptors (Lipinski definition) is 1. The Hall–Kier alpha value is -1.60. The summed E-state index contributed by atoms with van der Waals surface area (Å²) in [5.41, 5.74) is 5.52. The van der Waals surface area contributed by atoms with Crippen LogP contribution < -0.4 is 0 Å². The first-order valence-corrected chi connectivity index (χ1v) is 7.01. The summed E-state index contributed by atoms with van der Waals surface area (Å²) in [6.07, 6.45) is 0. The molecule has 0 aliphatic carbocycles. The maximum Gasteiger partial charge on any atom is 0.0239 e. The van der Waals surface area contributed by atoms with Crippen LogP contribution in [0.3, 0.4) is 0 Å². The van der Waals surface area contributed by atoms with Crippen molar-refractivity contribution in [3.05, 3.63) is 70.8 Å². The average Bonchev–Trinajstić information content (AvgIpc) is 2.43. The second-order valence-corrected chi connectivity index (χ2v) is 5.22. The van der Waals surface area contributed by atoms with Gasteiger partial charge in [-0.2, -0.15) is 0 Å². The molecule has 0 spiro atoms. The molecule has 0 fully saturated rings. The highest BCUT2D eigenvalue weighted by atomic mass is 15.1. The summed E-state index contributed by atoms with van der Waals surface area (Å²) in [7, 11) is 0. The lowest BCUT2D eigenvalue weighted by atomic mass is 10.1. The van der Waals surface area contributed by atoms with Gasteiger partial charge >= 0.3 is 0 Å². The van der Waals surface area contributed by atoms with E-state index >= 15 is 0 Å². The van der Waals surface area contributed by atoms with E-state index in [-0.39, 0.29) is 0 Å². The molecule has 2 aromatic carbocycles. The minimum absolute atomic E-state index is 1.02. The Balaban J connectivity index is 2.05. The van der Waals surface area contributed by atoms with Crippen LogP contribution in [0.2, 0.25) is 0 Å². The van der Waals surface area contributed by atoms with Crippen molar-refractivity contribution in [3.8, 4) is 0 Å². The third-order valence-corrected chi connectivity index (χ3v) is 3.63. The van der Waals surface area contributed by atoms with Crippen LogP contribution in [0.1, 0.15) is 29.2 Å². The maximum atomic E-state index is 2.48. The van der Waals surface area contributed by atoms with Crippen LogP contribution in [0.25, 0.3) is 0 Å². The third kappa shape index (κ3) is 3.93. The SMILES string of the molecule is CCN(Cc1ccc(C)cc1)Cc1ccccc1C. The molecule has 0 amide bonds. The van der Waals surface area contributed by atoms with Gasteiger partial charge in [-0.15, -0.1) is 0 Å². The molecule has 0 unspecified atom stereocenters. The Morgan fingerprint density at radius 1 is 0.842 bits per heavy atom. The van der Waals surface area contributed by atoms with Crippen LogP contribution in [0.4, 0.5) is 0 Å². The molecule has 0 radical (unpaired) electrons. The largest absolute Gasteiger partial charge is 0.295 e. The Morgan fingerprint density at radius 3 is 2.16 bits per heavy atom. The number of aryl methyl sites for hydroxylation is 2. The van der Waals surface area contributed by atoms with Crippen LogP contribution in [-0.2, 0) is 13.1 Å². The number of hydrogen-bond donors (Lipinski definition) is 0. The minimum Gasteiger partial charge on any atom is -0.295 e. The van der Waals surface area contributed by atoms with Crippen LogP contribution in [0.5, 0.6) is 0 Å². The lowest BCUT2D eigenvalue weighted by molar-refractivity contribution is 0.271. The monoisotopic (exact) mass is 253 g/mol. The molecule has 1 nitrogen and oxygen atoms in total. The fourth-order valence-corrected chi connectivity index (χ4v) is 2.26. The summed E-state index contributed by atoms with van der Waals surface area (Å²) in [4.78, 5) is 2.48. The molecular weight excluding hydrogens is 230 g/mol. The van der Waals surface area contributed by atoms with Gasteiger partial charge in [-0.05, 0) is 37.1 Å². The summed E-state index contributed by atoms with van der Waals surface area (Å²) in [6.45, 7) is 9.67. The van der Waals surface area contributed by atoms with Crippen molar-refractivity contribution in [2.45, 2.75) is 33.9 Å². The Bertz CT molecular complexity index is 513. The molecule has 2 rings (SSSR count). The molecule has 2 aromatic rings.